The molecule has 0 saturated carbocycles. The van der Waals surface area contributed by atoms with Crippen LogP contribution >= 0.6 is 0 Å². The van der Waals surface area contributed by atoms with E-state index in [9.17, 15) is 9.90 Å². The second-order valence-electron chi connectivity index (χ2n) is 4.82. The SMILES string of the molecule is COc1nc(C)c2c(C(C(=O)O)C(C)C)c[nH]c2n1. The maximum Gasteiger partial charge on any atom is 0.318 e. The molecule has 6 nitrogen and oxygen atoms in total. The summed E-state index contributed by atoms with van der Waals surface area (Å²) in [6, 6.07) is 0.273. The quantitative estimate of drug-likeness (QED) is 0.881. The van der Waals surface area contributed by atoms with Crippen molar-refractivity contribution >= 4 is 17.0 Å². The average molecular weight is 263 g/mol. The fraction of sp³-hybridized carbons (Fsp3) is 0.462. The van der Waals surface area contributed by atoms with Gasteiger partial charge in [-0.3, -0.25) is 4.79 Å². The van der Waals surface area contributed by atoms with E-state index in [1.807, 2.05) is 20.8 Å². The number of aromatic nitrogens is 3. The Labute approximate surface area is 110 Å². The smallest absolute Gasteiger partial charge is 0.318 e. The number of nitrogens with zero attached hydrogens (tertiary/aromatic N) is 2. The molecule has 0 radical (unpaired) electrons. The lowest BCUT2D eigenvalue weighted by atomic mass is 9.88. The highest BCUT2D eigenvalue weighted by Gasteiger charge is 2.27. The Bertz CT molecular complexity index is 619. The van der Waals surface area contributed by atoms with E-state index in [4.69, 9.17) is 4.74 Å². The molecule has 0 aliphatic carbocycles. The first-order chi connectivity index (χ1) is 8.95. The number of hydrogen-bond acceptors (Lipinski definition) is 4. The van der Waals surface area contributed by atoms with Crippen molar-refractivity contribution < 1.29 is 14.6 Å². The molecule has 2 N–H and O–H groups in total. The minimum Gasteiger partial charge on any atom is -0.481 e. The normalized spacial score (nSPS) is 12.9. The van der Waals surface area contributed by atoms with E-state index in [0.717, 1.165) is 10.9 Å². The van der Waals surface area contributed by atoms with E-state index in [-0.39, 0.29) is 11.9 Å². The second kappa shape index (κ2) is 4.87. The van der Waals surface area contributed by atoms with Crippen LogP contribution in [0.5, 0.6) is 6.01 Å². The van der Waals surface area contributed by atoms with Crippen molar-refractivity contribution in [1.29, 1.82) is 0 Å². The standard InChI is InChI=1S/C13H17N3O3/c1-6(2)9(12(17)18)8-5-14-11-10(8)7(3)15-13(16-11)19-4/h5-6,9H,1-4H3,(H,17,18)(H,14,15,16). The number of aliphatic carboxylic acids is 1. The molecule has 0 aromatic carbocycles. The summed E-state index contributed by atoms with van der Waals surface area (Å²) in [5, 5.41) is 10.2. The van der Waals surface area contributed by atoms with E-state index in [1.54, 1.807) is 6.20 Å². The van der Waals surface area contributed by atoms with Crippen LogP contribution in [-0.4, -0.2) is 33.1 Å². The Hall–Kier alpha value is -2.11. The molecule has 0 amide bonds. The second-order valence-corrected chi connectivity index (χ2v) is 4.82. The summed E-state index contributed by atoms with van der Waals surface area (Å²) >= 11 is 0. The first-order valence-corrected chi connectivity index (χ1v) is 6.08. The van der Waals surface area contributed by atoms with Gasteiger partial charge in [0.15, 0.2) is 0 Å². The number of rotatable bonds is 4. The van der Waals surface area contributed by atoms with Gasteiger partial charge in [-0.25, -0.2) is 0 Å². The average Bonchev–Trinajstić information content (AvgIpc) is 2.72. The molecule has 1 atom stereocenters. The maximum absolute atomic E-state index is 11.4. The summed E-state index contributed by atoms with van der Waals surface area (Å²) in [5.74, 6) is -1.44. The molecule has 102 valence electrons. The predicted octanol–water partition coefficient (Wildman–Crippen LogP) is 2.10. The zero-order chi connectivity index (χ0) is 14.2. The van der Waals surface area contributed by atoms with Gasteiger partial charge in [-0.1, -0.05) is 13.8 Å². The molecule has 6 heteroatoms. The number of carboxylic acids is 1. The lowest BCUT2D eigenvalue weighted by Gasteiger charge is -2.15. The molecule has 0 fully saturated rings. The Kier molecular flexibility index (Phi) is 3.42. The van der Waals surface area contributed by atoms with Crippen LogP contribution in [0.1, 0.15) is 31.0 Å². The molecular formula is C13H17N3O3. The molecule has 1 unspecified atom stereocenters. The summed E-state index contributed by atoms with van der Waals surface area (Å²) in [4.78, 5) is 22.8. The largest absolute Gasteiger partial charge is 0.481 e. The van der Waals surface area contributed by atoms with Crippen LogP contribution in [-0.2, 0) is 4.79 Å². The van der Waals surface area contributed by atoms with Gasteiger partial charge in [0.2, 0.25) is 0 Å². The highest BCUT2D eigenvalue weighted by Crippen LogP contribution is 2.32. The third kappa shape index (κ3) is 2.25. The third-order valence-electron chi connectivity index (χ3n) is 3.17. The van der Waals surface area contributed by atoms with Gasteiger partial charge in [0.05, 0.1) is 18.7 Å². The monoisotopic (exact) mass is 263 g/mol. The Morgan fingerprint density at radius 3 is 2.63 bits per heavy atom. The number of H-pyrrole nitrogens is 1. The lowest BCUT2D eigenvalue weighted by molar-refractivity contribution is -0.139. The van der Waals surface area contributed by atoms with Crippen LogP contribution in [0.3, 0.4) is 0 Å². The summed E-state index contributed by atoms with van der Waals surface area (Å²) in [6.07, 6.45) is 1.70. The van der Waals surface area contributed by atoms with Crippen molar-refractivity contribution in [2.45, 2.75) is 26.7 Å². The fourth-order valence-corrected chi connectivity index (χ4v) is 2.33. The zero-order valence-electron chi connectivity index (χ0n) is 11.4. The van der Waals surface area contributed by atoms with E-state index in [0.29, 0.717) is 11.3 Å². The van der Waals surface area contributed by atoms with Crippen LogP contribution in [0.25, 0.3) is 11.0 Å². The van der Waals surface area contributed by atoms with Crippen LogP contribution in [0.15, 0.2) is 6.20 Å². The topological polar surface area (TPSA) is 88.1 Å². The minimum atomic E-state index is -0.842. The molecule has 2 aromatic rings. The molecule has 2 heterocycles. The van der Waals surface area contributed by atoms with Gasteiger partial charge in [0.25, 0.3) is 0 Å². The van der Waals surface area contributed by atoms with Gasteiger partial charge in [-0.2, -0.15) is 9.97 Å². The van der Waals surface area contributed by atoms with Gasteiger partial charge in [-0.15, -0.1) is 0 Å². The summed E-state index contributed by atoms with van der Waals surface area (Å²) in [5.41, 5.74) is 2.04. The van der Waals surface area contributed by atoms with Crippen molar-refractivity contribution in [2.75, 3.05) is 7.11 Å². The third-order valence-corrected chi connectivity index (χ3v) is 3.17. The van der Waals surface area contributed by atoms with Crippen LogP contribution in [0.4, 0.5) is 0 Å². The van der Waals surface area contributed by atoms with E-state index in [2.05, 4.69) is 15.0 Å². The number of fused-ring (bicyclic) bond motifs is 1. The van der Waals surface area contributed by atoms with E-state index >= 15 is 0 Å². The number of ether oxygens (including phenoxy) is 1. The Morgan fingerprint density at radius 2 is 2.11 bits per heavy atom. The predicted molar refractivity (Wildman–Crippen MR) is 70.4 cm³/mol. The van der Waals surface area contributed by atoms with Crippen molar-refractivity contribution in [3.05, 3.63) is 17.5 Å². The summed E-state index contributed by atoms with van der Waals surface area (Å²) in [6.45, 7) is 5.60. The molecule has 0 bridgehead atoms. The van der Waals surface area contributed by atoms with Crippen molar-refractivity contribution in [3.63, 3.8) is 0 Å². The van der Waals surface area contributed by atoms with Crippen molar-refractivity contribution in [1.82, 2.24) is 15.0 Å². The van der Waals surface area contributed by atoms with Gasteiger partial charge in [0, 0.05) is 11.6 Å². The van der Waals surface area contributed by atoms with E-state index < -0.39 is 11.9 Å². The van der Waals surface area contributed by atoms with Crippen molar-refractivity contribution in [2.24, 2.45) is 5.92 Å². The number of methoxy groups -OCH3 is 1. The number of nitrogens with one attached hydrogen (secondary N) is 1. The number of hydrogen-bond donors (Lipinski definition) is 2. The molecule has 2 aromatic heterocycles. The first kappa shape index (κ1) is 13.3. The molecule has 0 aliphatic rings. The fourth-order valence-electron chi connectivity index (χ4n) is 2.33. The number of carbonyl (C=O) groups is 1. The van der Waals surface area contributed by atoms with Crippen LogP contribution in [0, 0.1) is 12.8 Å². The molecule has 0 spiro atoms. The molecule has 19 heavy (non-hydrogen) atoms. The van der Waals surface area contributed by atoms with E-state index in [1.165, 1.54) is 7.11 Å². The van der Waals surface area contributed by atoms with Gasteiger partial charge < -0.3 is 14.8 Å². The highest BCUT2D eigenvalue weighted by atomic mass is 16.5. The number of carboxylic acid groups (broad SMARTS) is 1. The maximum atomic E-state index is 11.4. The Morgan fingerprint density at radius 1 is 1.42 bits per heavy atom. The lowest BCUT2D eigenvalue weighted by Crippen LogP contribution is -2.17. The molecular weight excluding hydrogens is 246 g/mol. The number of aryl methyl sites for hydroxylation is 1. The molecule has 2 rings (SSSR count). The van der Waals surface area contributed by atoms with Crippen LogP contribution < -0.4 is 4.74 Å². The number of aromatic amines is 1. The molecule has 0 saturated heterocycles. The minimum absolute atomic E-state index is 0.0157. The summed E-state index contributed by atoms with van der Waals surface area (Å²) < 4.78 is 5.01. The van der Waals surface area contributed by atoms with Crippen molar-refractivity contribution in [3.8, 4) is 6.01 Å². The van der Waals surface area contributed by atoms with Gasteiger partial charge in [0.1, 0.15) is 5.65 Å². The summed E-state index contributed by atoms with van der Waals surface area (Å²) in [7, 11) is 1.50. The Balaban J connectivity index is 2.65. The van der Waals surface area contributed by atoms with Gasteiger partial charge >= 0.3 is 12.0 Å². The van der Waals surface area contributed by atoms with Crippen LogP contribution in [0.2, 0.25) is 0 Å². The molecule has 0 aliphatic heterocycles. The highest BCUT2D eigenvalue weighted by molar-refractivity contribution is 5.89. The first-order valence-electron chi connectivity index (χ1n) is 6.08. The van der Waals surface area contributed by atoms with Gasteiger partial charge in [-0.05, 0) is 18.4 Å². The zero-order valence-corrected chi connectivity index (χ0v) is 11.4.